The van der Waals surface area contributed by atoms with Crippen LogP contribution in [0.2, 0.25) is 0 Å². The Balaban J connectivity index is 2.41. The van der Waals surface area contributed by atoms with Gasteiger partial charge in [0, 0.05) is 12.6 Å². The van der Waals surface area contributed by atoms with Crippen LogP contribution in [-0.4, -0.2) is 29.8 Å². The largest absolute Gasteiger partial charge is 0.300 e. The molecule has 0 aromatic heterocycles. The minimum Gasteiger partial charge on any atom is -0.300 e. The van der Waals surface area contributed by atoms with Crippen LogP contribution in [0.3, 0.4) is 0 Å². The lowest BCUT2D eigenvalue weighted by Crippen LogP contribution is -2.35. The summed E-state index contributed by atoms with van der Waals surface area (Å²) in [6.45, 7) is 9.53. The third kappa shape index (κ3) is 3.16. The average molecular weight is 215 g/mol. The van der Waals surface area contributed by atoms with E-state index in [2.05, 4.69) is 38.3 Å². The van der Waals surface area contributed by atoms with Crippen LogP contribution in [0.15, 0.2) is 0 Å². The Morgan fingerprint density at radius 3 is 2.64 bits per heavy atom. The van der Waals surface area contributed by atoms with Gasteiger partial charge in [0.1, 0.15) is 0 Å². The number of hydrogen-bond donors (Lipinski definition) is 1. The second kappa shape index (κ2) is 6.02. The van der Waals surface area contributed by atoms with Crippen molar-refractivity contribution in [3.05, 3.63) is 0 Å². The quantitative estimate of drug-likeness (QED) is 0.690. The van der Waals surface area contributed by atoms with E-state index in [-0.39, 0.29) is 0 Å². The highest BCUT2D eigenvalue weighted by molar-refractivity contribution is 7.80. The third-order valence-corrected chi connectivity index (χ3v) is 4.09. The molecule has 1 fully saturated rings. The summed E-state index contributed by atoms with van der Waals surface area (Å²) in [5, 5.41) is 0. The first kappa shape index (κ1) is 12.4. The van der Waals surface area contributed by atoms with E-state index in [0.29, 0.717) is 0 Å². The molecule has 1 aliphatic heterocycles. The van der Waals surface area contributed by atoms with Crippen molar-refractivity contribution < 1.29 is 0 Å². The van der Waals surface area contributed by atoms with Gasteiger partial charge in [0.2, 0.25) is 0 Å². The van der Waals surface area contributed by atoms with Crippen molar-refractivity contribution in [1.82, 2.24) is 4.90 Å². The molecule has 1 aliphatic rings. The van der Waals surface area contributed by atoms with Crippen LogP contribution in [0.4, 0.5) is 0 Å². The molecule has 14 heavy (non-hydrogen) atoms. The molecule has 1 nitrogen and oxygen atoms in total. The standard InChI is InChI=1S/C12H25NS/c1-4-12-6-5-7-13(12)8-11(9-14)10(2)3/h10-12,14H,4-9H2,1-3H3. The molecule has 0 bridgehead atoms. The van der Waals surface area contributed by atoms with E-state index in [4.69, 9.17) is 0 Å². The molecule has 1 saturated heterocycles. The predicted octanol–water partition coefficient (Wildman–Crippen LogP) is 3.06. The van der Waals surface area contributed by atoms with Gasteiger partial charge in [-0.05, 0) is 43.4 Å². The highest BCUT2D eigenvalue weighted by Gasteiger charge is 2.25. The van der Waals surface area contributed by atoms with Crippen molar-refractivity contribution in [2.75, 3.05) is 18.8 Å². The monoisotopic (exact) mass is 215 g/mol. The van der Waals surface area contributed by atoms with Gasteiger partial charge in [0.15, 0.2) is 0 Å². The summed E-state index contributed by atoms with van der Waals surface area (Å²) in [5.41, 5.74) is 0. The van der Waals surface area contributed by atoms with Crippen LogP contribution in [-0.2, 0) is 0 Å². The number of hydrogen-bond acceptors (Lipinski definition) is 2. The molecule has 2 atom stereocenters. The molecule has 0 aromatic carbocycles. The van der Waals surface area contributed by atoms with Gasteiger partial charge in [-0.25, -0.2) is 0 Å². The Labute approximate surface area is 94.7 Å². The number of thiol groups is 1. The zero-order valence-electron chi connectivity index (χ0n) is 9.87. The van der Waals surface area contributed by atoms with Gasteiger partial charge in [0.05, 0.1) is 0 Å². The first-order chi connectivity index (χ1) is 6.69. The van der Waals surface area contributed by atoms with Crippen LogP contribution >= 0.6 is 12.6 Å². The highest BCUT2D eigenvalue weighted by Crippen LogP contribution is 2.23. The summed E-state index contributed by atoms with van der Waals surface area (Å²) >= 11 is 4.46. The molecule has 0 aliphatic carbocycles. The highest BCUT2D eigenvalue weighted by atomic mass is 32.1. The van der Waals surface area contributed by atoms with E-state index in [0.717, 1.165) is 23.6 Å². The first-order valence-corrected chi connectivity index (χ1v) is 6.67. The van der Waals surface area contributed by atoms with Gasteiger partial charge in [-0.3, -0.25) is 0 Å². The summed E-state index contributed by atoms with van der Waals surface area (Å²) in [6.07, 6.45) is 4.13. The van der Waals surface area contributed by atoms with Crippen molar-refractivity contribution in [3.63, 3.8) is 0 Å². The summed E-state index contributed by atoms with van der Waals surface area (Å²) in [5.74, 6) is 2.57. The Morgan fingerprint density at radius 1 is 1.43 bits per heavy atom. The zero-order valence-corrected chi connectivity index (χ0v) is 10.8. The van der Waals surface area contributed by atoms with Crippen LogP contribution in [0, 0.1) is 11.8 Å². The van der Waals surface area contributed by atoms with Crippen LogP contribution < -0.4 is 0 Å². The van der Waals surface area contributed by atoms with E-state index in [1.807, 2.05) is 0 Å². The molecule has 1 rings (SSSR count). The molecular formula is C12H25NS. The Morgan fingerprint density at radius 2 is 2.14 bits per heavy atom. The second-order valence-corrected chi connectivity index (χ2v) is 5.25. The molecule has 0 aromatic rings. The minimum atomic E-state index is 0.769. The predicted molar refractivity (Wildman–Crippen MR) is 67.1 cm³/mol. The molecule has 2 heteroatoms. The van der Waals surface area contributed by atoms with Crippen molar-refractivity contribution in [2.45, 2.75) is 46.1 Å². The lowest BCUT2D eigenvalue weighted by Gasteiger charge is -2.29. The number of rotatable bonds is 5. The number of likely N-dealkylation sites (tertiary alicyclic amines) is 1. The Bertz CT molecular complexity index is 158. The van der Waals surface area contributed by atoms with Crippen LogP contribution in [0.5, 0.6) is 0 Å². The molecule has 0 amide bonds. The van der Waals surface area contributed by atoms with Crippen molar-refractivity contribution in [3.8, 4) is 0 Å². The van der Waals surface area contributed by atoms with Gasteiger partial charge in [0.25, 0.3) is 0 Å². The average Bonchev–Trinajstić information content (AvgIpc) is 2.60. The van der Waals surface area contributed by atoms with E-state index < -0.39 is 0 Å². The fraction of sp³-hybridized carbons (Fsp3) is 1.00. The van der Waals surface area contributed by atoms with Crippen LogP contribution in [0.1, 0.15) is 40.0 Å². The van der Waals surface area contributed by atoms with E-state index in [9.17, 15) is 0 Å². The van der Waals surface area contributed by atoms with Crippen molar-refractivity contribution in [2.24, 2.45) is 11.8 Å². The minimum absolute atomic E-state index is 0.769. The van der Waals surface area contributed by atoms with E-state index >= 15 is 0 Å². The molecule has 0 saturated carbocycles. The third-order valence-electron chi connectivity index (χ3n) is 3.62. The maximum atomic E-state index is 4.46. The Kier molecular flexibility index (Phi) is 5.32. The van der Waals surface area contributed by atoms with Gasteiger partial charge in [-0.1, -0.05) is 20.8 Å². The lowest BCUT2D eigenvalue weighted by atomic mass is 9.97. The summed E-state index contributed by atoms with van der Waals surface area (Å²) in [6, 6.07) is 0.858. The summed E-state index contributed by atoms with van der Waals surface area (Å²) < 4.78 is 0. The zero-order chi connectivity index (χ0) is 10.6. The summed E-state index contributed by atoms with van der Waals surface area (Å²) in [7, 11) is 0. The molecule has 1 heterocycles. The SMILES string of the molecule is CCC1CCCN1CC(CS)C(C)C. The maximum absolute atomic E-state index is 4.46. The summed E-state index contributed by atoms with van der Waals surface area (Å²) in [4.78, 5) is 2.68. The second-order valence-electron chi connectivity index (χ2n) is 4.89. The van der Waals surface area contributed by atoms with Crippen molar-refractivity contribution >= 4 is 12.6 Å². The molecular weight excluding hydrogens is 190 g/mol. The van der Waals surface area contributed by atoms with E-state index in [1.165, 1.54) is 32.4 Å². The molecule has 0 N–H and O–H groups in total. The lowest BCUT2D eigenvalue weighted by molar-refractivity contribution is 0.196. The normalized spacial score (nSPS) is 25.9. The number of nitrogens with zero attached hydrogens (tertiary/aromatic N) is 1. The molecule has 0 radical (unpaired) electrons. The first-order valence-electron chi connectivity index (χ1n) is 6.04. The van der Waals surface area contributed by atoms with Crippen LogP contribution in [0.25, 0.3) is 0 Å². The van der Waals surface area contributed by atoms with Gasteiger partial charge in [-0.2, -0.15) is 12.6 Å². The van der Waals surface area contributed by atoms with E-state index in [1.54, 1.807) is 0 Å². The topological polar surface area (TPSA) is 3.24 Å². The molecule has 84 valence electrons. The molecule has 2 unspecified atom stereocenters. The smallest absolute Gasteiger partial charge is 0.00932 e. The fourth-order valence-electron chi connectivity index (χ4n) is 2.38. The Hall–Kier alpha value is 0.310. The molecule has 0 spiro atoms. The fourth-order valence-corrected chi connectivity index (χ4v) is 2.92. The van der Waals surface area contributed by atoms with Crippen molar-refractivity contribution in [1.29, 1.82) is 0 Å². The van der Waals surface area contributed by atoms with Gasteiger partial charge in [-0.15, -0.1) is 0 Å². The van der Waals surface area contributed by atoms with Gasteiger partial charge >= 0.3 is 0 Å². The van der Waals surface area contributed by atoms with Gasteiger partial charge < -0.3 is 4.90 Å². The maximum Gasteiger partial charge on any atom is 0.00932 e.